The zero-order chi connectivity index (χ0) is 22.0. The van der Waals surface area contributed by atoms with Crippen molar-refractivity contribution in [2.45, 2.75) is 57.2 Å². The van der Waals surface area contributed by atoms with Crippen molar-refractivity contribution in [2.75, 3.05) is 0 Å². The van der Waals surface area contributed by atoms with Crippen molar-refractivity contribution in [3.05, 3.63) is 57.0 Å². The Kier molecular flexibility index (Phi) is 6.22. The molecule has 1 unspecified atom stereocenters. The maximum atomic E-state index is 13.2. The molecule has 31 heavy (non-hydrogen) atoms. The molecule has 1 atom stereocenters. The third-order valence-corrected chi connectivity index (χ3v) is 6.69. The van der Waals surface area contributed by atoms with Gasteiger partial charge in [-0.25, -0.2) is 9.97 Å². The van der Waals surface area contributed by atoms with Gasteiger partial charge in [0.05, 0.1) is 40.3 Å². The van der Waals surface area contributed by atoms with Crippen LogP contribution in [-0.4, -0.2) is 20.3 Å². The smallest absolute Gasteiger partial charge is 0.297 e. The van der Waals surface area contributed by atoms with Crippen LogP contribution in [0, 0.1) is 5.92 Å². The van der Waals surface area contributed by atoms with Crippen LogP contribution in [0.2, 0.25) is 0 Å². The summed E-state index contributed by atoms with van der Waals surface area (Å²) in [6.07, 6.45) is 4.36. The lowest BCUT2D eigenvalue weighted by Crippen LogP contribution is -2.33. The molecular formula is C22H22F3N3O2S. The number of nitrogens with zero attached hydrogens (tertiary/aromatic N) is 3. The van der Waals surface area contributed by atoms with E-state index in [4.69, 9.17) is 0 Å². The summed E-state index contributed by atoms with van der Waals surface area (Å²) in [5.74, 6) is 0.199. The average Bonchev–Trinajstić information content (AvgIpc) is 3.25. The summed E-state index contributed by atoms with van der Waals surface area (Å²) in [7, 11) is 0. The van der Waals surface area contributed by atoms with E-state index in [2.05, 4.69) is 9.97 Å². The molecule has 4 rings (SSSR count). The molecule has 0 spiro atoms. The highest BCUT2D eigenvalue weighted by Gasteiger charge is 2.31. The first kappa shape index (κ1) is 21.7. The van der Waals surface area contributed by atoms with Crippen molar-refractivity contribution in [3.63, 3.8) is 0 Å². The van der Waals surface area contributed by atoms with Gasteiger partial charge in [0.15, 0.2) is 5.78 Å². The van der Waals surface area contributed by atoms with Crippen LogP contribution in [0.15, 0.2) is 40.9 Å². The Morgan fingerprint density at radius 3 is 2.65 bits per heavy atom. The topological polar surface area (TPSA) is 64.8 Å². The van der Waals surface area contributed by atoms with Gasteiger partial charge in [-0.05, 0) is 30.5 Å². The molecule has 0 amide bonds. The minimum atomic E-state index is -4.52. The van der Waals surface area contributed by atoms with Gasteiger partial charge in [0.2, 0.25) is 0 Å². The zero-order valence-electron chi connectivity index (χ0n) is 16.8. The molecular weight excluding hydrogens is 427 g/mol. The molecule has 164 valence electrons. The molecule has 1 fully saturated rings. The maximum absolute atomic E-state index is 13.2. The molecule has 0 N–H and O–H groups in total. The Morgan fingerprint density at radius 1 is 1.19 bits per heavy atom. The van der Waals surface area contributed by atoms with Crippen LogP contribution in [-0.2, 0) is 17.4 Å². The zero-order valence-corrected chi connectivity index (χ0v) is 17.6. The summed E-state index contributed by atoms with van der Waals surface area (Å²) in [6, 6.07) is 2.18. The molecule has 0 aliphatic heterocycles. The number of ketones is 1. The molecule has 3 aromatic rings. The van der Waals surface area contributed by atoms with Gasteiger partial charge in [-0.3, -0.25) is 14.2 Å². The number of aromatic nitrogens is 3. The van der Waals surface area contributed by atoms with Crippen LogP contribution in [0.4, 0.5) is 13.2 Å². The van der Waals surface area contributed by atoms with Crippen LogP contribution < -0.4 is 5.56 Å². The molecule has 2 heterocycles. The second-order valence-electron chi connectivity index (χ2n) is 8.01. The molecule has 0 bridgehead atoms. The number of thiazole rings is 1. The second kappa shape index (κ2) is 8.90. The summed E-state index contributed by atoms with van der Waals surface area (Å²) in [4.78, 5) is 34.6. The van der Waals surface area contributed by atoms with E-state index < -0.39 is 23.3 Å². The first-order valence-corrected chi connectivity index (χ1v) is 11.2. The minimum Gasteiger partial charge on any atom is -0.297 e. The van der Waals surface area contributed by atoms with Crippen LogP contribution >= 0.6 is 11.3 Å². The number of halogens is 3. The lowest BCUT2D eigenvalue weighted by atomic mass is 9.83. The summed E-state index contributed by atoms with van der Waals surface area (Å²) in [6.45, 7) is 0. The number of Topliss-reactive ketones (excluding diaryl/α,β-unsaturated/α-hetero) is 1. The highest BCUT2D eigenvalue weighted by Crippen LogP contribution is 2.33. The molecule has 2 aromatic heterocycles. The van der Waals surface area contributed by atoms with E-state index in [0.29, 0.717) is 17.3 Å². The second-order valence-corrected chi connectivity index (χ2v) is 8.99. The van der Waals surface area contributed by atoms with E-state index in [-0.39, 0.29) is 23.1 Å². The fourth-order valence-corrected chi connectivity index (χ4v) is 4.91. The molecule has 5 nitrogen and oxygen atoms in total. The number of fused-ring (bicyclic) bond motifs is 1. The number of hydrogen-bond donors (Lipinski definition) is 0. The Morgan fingerprint density at radius 2 is 1.97 bits per heavy atom. The first-order valence-electron chi connectivity index (χ1n) is 10.3. The van der Waals surface area contributed by atoms with Gasteiger partial charge < -0.3 is 0 Å². The summed E-state index contributed by atoms with van der Waals surface area (Å²) < 4.78 is 40.3. The van der Waals surface area contributed by atoms with Crippen LogP contribution in [0.5, 0.6) is 0 Å². The molecule has 1 aliphatic rings. The summed E-state index contributed by atoms with van der Waals surface area (Å²) >= 11 is 1.38. The van der Waals surface area contributed by atoms with E-state index in [1.54, 1.807) is 11.6 Å². The highest BCUT2D eigenvalue weighted by atomic mass is 32.1. The predicted octanol–water partition coefficient (Wildman–Crippen LogP) is 5.20. The number of benzene rings is 1. The third kappa shape index (κ3) is 4.87. The standard InChI is InChI=1S/C22H22F3N3O2S/c23-22(24,25)15-6-7-16-17(11-15)27-13-28(21(16)30)18(10-14-4-2-1-3-5-14)19(29)12-20-26-8-9-31-20/h6-9,11,13-14,18H,1-5,10,12H2. The van der Waals surface area contributed by atoms with Gasteiger partial charge >= 0.3 is 6.18 Å². The monoisotopic (exact) mass is 449 g/mol. The van der Waals surface area contributed by atoms with E-state index in [1.165, 1.54) is 28.7 Å². The molecule has 1 saturated carbocycles. The van der Waals surface area contributed by atoms with Gasteiger partial charge in [0.1, 0.15) is 0 Å². The van der Waals surface area contributed by atoms with Gasteiger partial charge in [0, 0.05) is 11.6 Å². The van der Waals surface area contributed by atoms with E-state index >= 15 is 0 Å². The van der Waals surface area contributed by atoms with Crippen molar-refractivity contribution >= 4 is 28.0 Å². The van der Waals surface area contributed by atoms with E-state index in [9.17, 15) is 22.8 Å². The lowest BCUT2D eigenvalue weighted by Gasteiger charge is -2.27. The van der Waals surface area contributed by atoms with Crippen molar-refractivity contribution in [2.24, 2.45) is 5.92 Å². The number of carbonyl (C=O) groups excluding carboxylic acids is 1. The Bertz CT molecular complexity index is 1120. The lowest BCUT2D eigenvalue weighted by molar-refractivity contribution is -0.137. The van der Waals surface area contributed by atoms with Crippen molar-refractivity contribution < 1.29 is 18.0 Å². The molecule has 9 heteroatoms. The minimum absolute atomic E-state index is 0.0279. The van der Waals surface area contributed by atoms with Gasteiger partial charge in [0.25, 0.3) is 5.56 Å². The van der Waals surface area contributed by atoms with Gasteiger partial charge in [-0.1, -0.05) is 32.1 Å². The normalized spacial score (nSPS) is 16.5. The Balaban J connectivity index is 1.71. The number of hydrogen-bond acceptors (Lipinski definition) is 5. The Labute approximate surface area is 181 Å². The van der Waals surface area contributed by atoms with Crippen LogP contribution in [0.1, 0.15) is 55.1 Å². The quantitative estimate of drug-likeness (QED) is 0.519. The van der Waals surface area contributed by atoms with E-state index in [1.807, 2.05) is 0 Å². The SMILES string of the molecule is O=C(Cc1nccs1)C(CC1CCCCC1)n1cnc2cc(C(F)(F)F)ccc2c1=O. The molecule has 0 radical (unpaired) electrons. The van der Waals surface area contributed by atoms with E-state index in [0.717, 1.165) is 43.9 Å². The van der Waals surface area contributed by atoms with Crippen molar-refractivity contribution in [3.8, 4) is 0 Å². The highest BCUT2D eigenvalue weighted by molar-refractivity contribution is 7.09. The van der Waals surface area contributed by atoms with Crippen molar-refractivity contribution in [1.82, 2.24) is 14.5 Å². The molecule has 1 aromatic carbocycles. The number of alkyl halides is 3. The predicted molar refractivity (Wildman–Crippen MR) is 112 cm³/mol. The third-order valence-electron chi connectivity index (χ3n) is 5.91. The fraction of sp³-hybridized carbons (Fsp3) is 0.455. The molecule has 1 aliphatic carbocycles. The average molecular weight is 449 g/mol. The number of rotatable bonds is 6. The van der Waals surface area contributed by atoms with Gasteiger partial charge in [-0.15, -0.1) is 11.3 Å². The number of carbonyl (C=O) groups is 1. The maximum Gasteiger partial charge on any atom is 0.416 e. The van der Waals surface area contributed by atoms with Gasteiger partial charge in [-0.2, -0.15) is 13.2 Å². The largest absolute Gasteiger partial charge is 0.416 e. The molecule has 0 saturated heterocycles. The van der Waals surface area contributed by atoms with Crippen LogP contribution in [0.25, 0.3) is 10.9 Å². The summed E-state index contributed by atoms with van der Waals surface area (Å²) in [5, 5.41) is 2.54. The van der Waals surface area contributed by atoms with Crippen molar-refractivity contribution in [1.29, 1.82) is 0 Å². The fourth-order valence-electron chi connectivity index (χ4n) is 4.28. The van der Waals surface area contributed by atoms with Crippen LogP contribution in [0.3, 0.4) is 0 Å². The first-order chi connectivity index (χ1) is 14.8. The summed E-state index contributed by atoms with van der Waals surface area (Å²) in [5.41, 5.74) is -1.38. The Hall–Kier alpha value is -2.55.